The number of anilines is 2. The number of rotatable bonds is 14. The van der Waals surface area contributed by atoms with Crippen LogP contribution in [-0.2, 0) is 20.8 Å². The van der Waals surface area contributed by atoms with Gasteiger partial charge in [-0.3, -0.25) is 4.79 Å². The molecule has 1 fully saturated rings. The number of carbonyl (C=O) groups is 2. The van der Waals surface area contributed by atoms with Crippen molar-refractivity contribution in [3.63, 3.8) is 0 Å². The molecule has 3 N–H and O–H groups in total. The first-order valence-electron chi connectivity index (χ1n) is 15.0. The largest absolute Gasteiger partial charge is 0.385 e. The van der Waals surface area contributed by atoms with E-state index < -0.39 is 0 Å². The molecule has 0 unspecified atom stereocenters. The molecule has 3 rings (SSSR count). The van der Waals surface area contributed by atoms with Crippen LogP contribution in [-0.4, -0.2) is 83.8 Å². The standard InChI is InChI=1S/C21H31N5O2.C6H12.C4H11NO.CH2O/c1-5-22-20-14-18(24-16(2)25-20)15-23-21(27)17-8-10-19(11-9-17)26(3)12-6-7-13-28-4;1-2-4-6-5-3-1;1-5-3-4-6-2;1-2/h8-11,14H,5-7,12-13,15H2,1-4H3,(H,23,27)(H,22,24,25);1-6H2;5H,3-4H2,1-2H3;1H2. The number of methoxy groups -OCH3 is 2. The van der Waals surface area contributed by atoms with E-state index in [1.165, 1.54) is 38.5 Å². The topological polar surface area (TPSA) is 118 Å². The average molecular weight is 589 g/mol. The molecule has 1 heterocycles. The molecule has 0 spiro atoms. The van der Waals surface area contributed by atoms with Crippen LogP contribution in [0.25, 0.3) is 0 Å². The third-order valence-corrected chi connectivity index (χ3v) is 6.40. The Bertz CT molecular complexity index is 910. The Morgan fingerprint density at radius 3 is 2.05 bits per heavy atom. The van der Waals surface area contributed by atoms with Crippen molar-refractivity contribution < 1.29 is 19.1 Å². The van der Waals surface area contributed by atoms with Crippen molar-refractivity contribution in [2.75, 3.05) is 71.4 Å². The molecule has 0 saturated heterocycles. The van der Waals surface area contributed by atoms with Crippen LogP contribution in [0.3, 0.4) is 0 Å². The number of nitrogens with zero attached hydrogens (tertiary/aromatic N) is 3. The van der Waals surface area contributed by atoms with Crippen LogP contribution in [0.15, 0.2) is 30.3 Å². The summed E-state index contributed by atoms with van der Waals surface area (Å²) >= 11 is 0. The Hall–Kier alpha value is -3.08. The maximum atomic E-state index is 12.4. The van der Waals surface area contributed by atoms with Gasteiger partial charge in [-0.2, -0.15) is 0 Å². The number of amides is 1. The highest BCUT2D eigenvalue weighted by Gasteiger charge is 2.08. The lowest BCUT2D eigenvalue weighted by Gasteiger charge is -2.19. The molecule has 238 valence electrons. The van der Waals surface area contributed by atoms with Crippen molar-refractivity contribution >= 4 is 24.2 Å². The van der Waals surface area contributed by atoms with Gasteiger partial charge in [0.15, 0.2) is 0 Å². The van der Waals surface area contributed by atoms with Gasteiger partial charge < -0.3 is 35.1 Å². The van der Waals surface area contributed by atoms with Gasteiger partial charge in [0.2, 0.25) is 0 Å². The zero-order valence-corrected chi connectivity index (χ0v) is 27.0. The van der Waals surface area contributed by atoms with Crippen molar-refractivity contribution in [3.8, 4) is 0 Å². The van der Waals surface area contributed by atoms with Crippen LogP contribution in [0.2, 0.25) is 0 Å². The number of hydrogen-bond acceptors (Lipinski definition) is 9. The molecular weight excluding hydrogens is 532 g/mol. The van der Waals surface area contributed by atoms with Crippen LogP contribution in [0.4, 0.5) is 11.5 Å². The quantitative estimate of drug-likeness (QED) is 0.262. The number of unbranched alkanes of at least 4 members (excludes halogenated alkanes) is 1. The van der Waals surface area contributed by atoms with Gasteiger partial charge in [-0.05, 0) is 58.0 Å². The third kappa shape index (κ3) is 19.1. The van der Waals surface area contributed by atoms with E-state index in [1.54, 1.807) is 14.2 Å². The van der Waals surface area contributed by atoms with Gasteiger partial charge in [0.25, 0.3) is 5.91 Å². The first kappa shape index (κ1) is 38.9. The summed E-state index contributed by atoms with van der Waals surface area (Å²) in [7, 11) is 7.37. The van der Waals surface area contributed by atoms with Crippen molar-refractivity contribution in [2.24, 2.45) is 0 Å². The van der Waals surface area contributed by atoms with Crippen molar-refractivity contribution in [3.05, 3.63) is 47.4 Å². The number of aryl methyl sites for hydroxylation is 1. The molecule has 1 amide bonds. The predicted molar refractivity (Wildman–Crippen MR) is 174 cm³/mol. The van der Waals surface area contributed by atoms with E-state index in [0.29, 0.717) is 17.9 Å². The van der Waals surface area contributed by atoms with Crippen molar-refractivity contribution in [1.82, 2.24) is 20.6 Å². The summed E-state index contributed by atoms with van der Waals surface area (Å²) in [5, 5.41) is 9.04. The van der Waals surface area contributed by atoms with Crippen molar-refractivity contribution in [2.45, 2.75) is 71.8 Å². The summed E-state index contributed by atoms with van der Waals surface area (Å²) < 4.78 is 9.80. The van der Waals surface area contributed by atoms with Crippen LogP contribution in [0.5, 0.6) is 0 Å². The molecular formula is C32H56N6O4. The molecule has 0 atom stereocenters. The molecule has 0 aliphatic heterocycles. The van der Waals surface area contributed by atoms with Gasteiger partial charge in [0, 0.05) is 64.8 Å². The Morgan fingerprint density at radius 2 is 1.55 bits per heavy atom. The number of aromatic nitrogens is 2. The number of nitrogens with one attached hydrogen (secondary N) is 3. The zero-order valence-electron chi connectivity index (χ0n) is 27.0. The summed E-state index contributed by atoms with van der Waals surface area (Å²) in [6, 6.07) is 9.52. The van der Waals surface area contributed by atoms with Crippen molar-refractivity contribution in [1.29, 1.82) is 0 Å². The van der Waals surface area contributed by atoms with Crippen LogP contribution >= 0.6 is 0 Å². The molecule has 0 bridgehead atoms. The fourth-order valence-electron chi connectivity index (χ4n) is 4.12. The molecule has 2 aromatic rings. The van der Waals surface area contributed by atoms with E-state index in [1.807, 2.05) is 58.0 Å². The Morgan fingerprint density at radius 1 is 0.952 bits per heavy atom. The minimum absolute atomic E-state index is 0.115. The molecule has 10 nitrogen and oxygen atoms in total. The fraction of sp³-hybridized carbons (Fsp3) is 0.625. The van der Waals surface area contributed by atoms with Gasteiger partial charge in [0.1, 0.15) is 18.4 Å². The Kier molecular flexibility index (Phi) is 24.8. The highest BCUT2D eigenvalue weighted by atomic mass is 16.5. The molecule has 1 aliphatic rings. The van der Waals surface area contributed by atoms with E-state index in [2.05, 4.69) is 37.9 Å². The van der Waals surface area contributed by atoms with Gasteiger partial charge >= 0.3 is 0 Å². The normalized spacial score (nSPS) is 11.9. The lowest BCUT2D eigenvalue weighted by Crippen LogP contribution is -2.24. The van der Waals surface area contributed by atoms with E-state index >= 15 is 0 Å². The number of hydrogen-bond donors (Lipinski definition) is 3. The second kappa shape index (κ2) is 26.8. The average Bonchev–Trinajstić information content (AvgIpc) is 3.03. The minimum atomic E-state index is -0.115. The van der Waals surface area contributed by atoms with Crippen LogP contribution in [0.1, 0.15) is 80.2 Å². The fourth-order valence-corrected chi connectivity index (χ4v) is 4.12. The zero-order chi connectivity index (χ0) is 31.4. The number of carbonyl (C=O) groups excluding carboxylic acids is 2. The first-order chi connectivity index (χ1) is 20.4. The highest BCUT2D eigenvalue weighted by Crippen LogP contribution is 2.16. The minimum Gasteiger partial charge on any atom is -0.385 e. The molecule has 42 heavy (non-hydrogen) atoms. The summed E-state index contributed by atoms with van der Waals surface area (Å²) in [4.78, 5) is 31.3. The summed E-state index contributed by atoms with van der Waals surface area (Å²) in [6.07, 6.45) is 11.1. The van der Waals surface area contributed by atoms with Crippen LogP contribution < -0.4 is 20.9 Å². The molecule has 10 heteroatoms. The molecule has 1 aromatic heterocycles. The van der Waals surface area contributed by atoms with Gasteiger partial charge in [-0.15, -0.1) is 0 Å². The summed E-state index contributed by atoms with van der Waals surface area (Å²) in [5.41, 5.74) is 2.51. The molecule has 1 aliphatic carbocycles. The Labute approximate surface area is 254 Å². The number of likely N-dealkylation sites (N-methyl/N-ethyl adjacent to an activating group) is 1. The first-order valence-corrected chi connectivity index (χ1v) is 15.0. The van der Waals surface area contributed by atoms with E-state index in [4.69, 9.17) is 14.3 Å². The van der Waals surface area contributed by atoms with E-state index in [-0.39, 0.29) is 5.91 Å². The highest BCUT2D eigenvalue weighted by molar-refractivity contribution is 5.94. The second-order valence-electron chi connectivity index (χ2n) is 9.89. The van der Waals surface area contributed by atoms with Gasteiger partial charge in [-0.25, -0.2) is 9.97 Å². The second-order valence-corrected chi connectivity index (χ2v) is 9.89. The lowest BCUT2D eigenvalue weighted by molar-refractivity contribution is -0.0980. The third-order valence-electron chi connectivity index (χ3n) is 6.40. The monoisotopic (exact) mass is 588 g/mol. The van der Waals surface area contributed by atoms with Gasteiger partial charge in [0.05, 0.1) is 18.8 Å². The maximum absolute atomic E-state index is 12.4. The maximum Gasteiger partial charge on any atom is 0.251 e. The SMILES string of the molecule is C1CCCCC1.C=O.CCNc1cc(CNC(=O)c2ccc(N(C)CCCCOC)cc2)nc(C)n1.CNCCOC. The number of benzene rings is 1. The van der Waals surface area contributed by atoms with E-state index in [0.717, 1.165) is 62.9 Å². The van der Waals surface area contributed by atoms with Gasteiger partial charge in [-0.1, -0.05) is 38.5 Å². The molecule has 0 radical (unpaired) electrons. The van der Waals surface area contributed by atoms with E-state index in [9.17, 15) is 4.79 Å². The van der Waals surface area contributed by atoms with Crippen LogP contribution in [0, 0.1) is 6.92 Å². The Balaban J connectivity index is 0.000000985. The summed E-state index contributed by atoms with van der Waals surface area (Å²) in [6.45, 7) is 10.5. The number of ether oxygens (including phenoxy) is 2. The molecule has 1 aromatic carbocycles. The summed E-state index contributed by atoms with van der Waals surface area (Å²) in [5.74, 6) is 1.34. The lowest BCUT2D eigenvalue weighted by atomic mass is 10.0. The molecule has 1 saturated carbocycles. The predicted octanol–water partition coefficient (Wildman–Crippen LogP) is 5.02. The smallest absolute Gasteiger partial charge is 0.251 e.